The van der Waals surface area contributed by atoms with E-state index in [0.717, 1.165) is 16.3 Å². The molecule has 0 heterocycles. The van der Waals surface area contributed by atoms with E-state index in [9.17, 15) is 4.79 Å². The molecular weight excluding hydrogens is 276 g/mol. The molecule has 4 nitrogen and oxygen atoms in total. The molecular formula is C15H15ClN2O2. The van der Waals surface area contributed by atoms with Crippen LogP contribution in [-0.2, 0) is 11.3 Å². The Labute approximate surface area is 122 Å². The predicted molar refractivity (Wildman–Crippen MR) is 79.9 cm³/mol. The van der Waals surface area contributed by atoms with Gasteiger partial charge in [-0.05, 0) is 29.8 Å². The molecule has 20 heavy (non-hydrogen) atoms. The lowest BCUT2D eigenvalue weighted by atomic mass is 10.2. The van der Waals surface area contributed by atoms with E-state index in [-0.39, 0.29) is 6.61 Å². The molecule has 0 saturated heterocycles. The van der Waals surface area contributed by atoms with E-state index in [1.54, 1.807) is 6.07 Å². The van der Waals surface area contributed by atoms with Crippen molar-refractivity contribution in [2.45, 2.75) is 6.54 Å². The van der Waals surface area contributed by atoms with Crippen molar-refractivity contribution in [3.05, 3.63) is 59.1 Å². The van der Waals surface area contributed by atoms with Gasteiger partial charge in [0.15, 0.2) is 6.61 Å². The number of rotatable bonds is 6. The molecule has 0 aliphatic rings. The second-order valence-electron chi connectivity index (χ2n) is 4.26. The highest BCUT2D eigenvalue weighted by atomic mass is 35.5. The Morgan fingerprint density at radius 2 is 1.95 bits per heavy atom. The van der Waals surface area contributed by atoms with Gasteiger partial charge < -0.3 is 15.8 Å². The van der Waals surface area contributed by atoms with Crippen molar-refractivity contribution in [1.29, 1.82) is 0 Å². The highest BCUT2D eigenvalue weighted by Crippen LogP contribution is 2.18. The number of nitrogens with two attached hydrogens (primary N) is 1. The van der Waals surface area contributed by atoms with E-state index in [2.05, 4.69) is 5.32 Å². The average molecular weight is 291 g/mol. The number of nitrogens with one attached hydrogen (secondary N) is 1. The normalized spacial score (nSPS) is 10.1. The van der Waals surface area contributed by atoms with Gasteiger partial charge in [-0.25, -0.2) is 0 Å². The van der Waals surface area contributed by atoms with Gasteiger partial charge in [0.2, 0.25) is 0 Å². The highest BCUT2D eigenvalue weighted by Gasteiger charge is 2.00. The molecule has 0 aliphatic carbocycles. The molecule has 2 aromatic carbocycles. The van der Waals surface area contributed by atoms with Crippen molar-refractivity contribution in [2.24, 2.45) is 5.73 Å². The third-order valence-electron chi connectivity index (χ3n) is 2.63. The van der Waals surface area contributed by atoms with Crippen LogP contribution >= 0.6 is 11.6 Å². The molecule has 0 saturated carbocycles. The summed E-state index contributed by atoms with van der Waals surface area (Å²) in [4.78, 5) is 10.7. The van der Waals surface area contributed by atoms with Gasteiger partial charge in [0.25, 0.3) is 5.91 Å². The lowest BCUT2D eigenvalue weighted by Crippen LogP contribution is -2.20. The Balaban J connectivity index is 1.94. The zero-order chi connectivity index (χ0) is 14.4. The summed E-state index contributed by atoms with van der Waals surface area (Å²) in [6.45, 7) is 0.553. The van der Waals surface area contributed by atoms with Gasteiger partial charge in [-0.15, -0.1) is 0 Å². The van der Waals surface area contributed by atoms with Gasteiger partial charge in [-0.3, -0.25) is 4.79 Å². The molecule has 0 aromatic heterocycles. The maximum Gasteiger partial charge on any atom is 0.255 e. The van der Waals surface area contributed by atoms with Gasteiger partial charge in [0.1, 0.15) is 5.75 Å². The van der Waals surface area contributed by atoms with Crippen LogP contribution in [0.2, 0.25) is 5.02 Å². The number of carbonyl (C=O) groups excluding carboxylic acids is 1. The van der Waals surface area contributed by atoms with Gasteiger partial charge in [-0.2, -0.15) is 0 Å². The van der Waals surface area contributed by atoms with Gasteiger partial charge >= 0.3 is 0 Å². The van der Waals surface area contributed by atoms with E-state index >= 15 is 0 Å². The number of amides is 1. The van der Waals surface area contributed by atoms with E-state index in [1.807, 2.05) is 42.5 Å². The first-order valence-electron chi connectivity index (χ1n) is 6.13. The number of anilines is 1. The molecule has 0 radical (unpaired) electrons. The van der Waals surface area contributed by atoms with Crippen molar-refractivity contribution >= 4 is 23.2 Å². The number of benzene rings is 2. The fourth-order valence-corrected chi connectivity index (χ4v) is 1.78. The first kappa shape index (κ1) is 14.2. The van der Waals surface area contributed by atoms with Crippen LogP contribution in [0.4, 0.5) is 5.69 Å². The Hall–Kier alpha value is -2.20. The van der Waals surface area contributed by atoms with Crippen molar-refractivity contribution in [3.63, 3.8) is 0 Å². The van der Waals surface area contributed by atoms with E-state index < -0.39 is 5.91 Å². The van der Waals surface area contributed by atoms with Gasteiger partial charge in [0.05, 0.1) is 0 Å². The van der Waals surface area contributed by atoms with E-state index in [1.165, 1.54) is 0 Å². The number of ether oxygens (including phenoxy) is 1. The molecule has 0 unspecified atom stereocenters. The molecule has 0 spiro atoms. The van der Waals surface area contributed by atoms with Crippen molar-refractivity contribution in [2.75, 3.05) is 11.9 Å². The van der Waals surface area contributed by atoms with Crippen LogP contribution < -0.4 is 15.8 Å². The second kappa shape index (κ2) is 6.82. The monoisotopic (exact) mass is 290 g/mol. The average Bonchev–Trinajstić information content (AvgIpc) is 2.45. The number of primary amides is 1. The van der Waals surface area contributed by atoms with Crippen LogP contribution in [0.1, 0.15) is 5.56 Å². The first-order chi connectivity index (χ1) is 9.63. The topological polar surface area (TPSA) is 64.4 Å². The Morgan fingerprint density at radius 3 is 2.65 bits per heavy atom. The number of hydrogen-bond donors (Lipinski definition) is 2. The van der Waals surface area contributed by atoms with Crippen molar-refractivity contribution in [1.82, 2.24) is 0 Å². The fourth-order valence-electron chi connectivity index (χ4n) is 1.66. The third-order valence-corrected chi connectivity index (χ3v) is 2.88. The van der Waals surface area contributed by atoms with Gasteiger partial charge in [0, 0.05) is 23.3 Å². The lowest BCUT2D eigenvalue weighted by molar-refractivity contribution is -0.119. The van der Waals surface area contributed by atoms with E-state index in [0.29, 0.717) is 12.3 Å². The maximum atomic E-state index is 10.7. The standard InChI is InChI=1S/C15H15ClN2O2/c16-12-6-4-11(5-7-12)9-18-13-2-1-3-14(8-13)20-10-15(17)19/h1-8,18H,9-10H2,(H2,17,19). The highest BCUT2D eigenvalue weighted by molar-refractivity contribution is 6.30. The van der Waals surface area contributed by atoms with Crippen LogP contribution in [0.25, 0.3) is 0 Å². The van der Waals surface area contributed by atoms with Crippen LogP contribution in [0.5, 0.6) is 5.75 Å². The quantitative estimate of drug-likeness (QED) is 0.860. The van der Waals surface area contributed by atoms with Crippen LogP contribution in [0.15, 0.2) is 48.5 Å². The molecule has 2 aromatic rings. The zero-order valence-electron chi connectivity index (χ0n) is 10.8. The fraction of sp³-hybridized carbons (Fsp3) is 0.133. The molecule has 0 atom stereocenters. The van der Waals surface area contributed by atoms with Crippen LogP contribution in [-0.4, -0.2) is 12.5 Å². The molecule has 0 bridgehead atoms. The summed E-state index contributed by atoms with van der Waals surface area (Å²) < 4.78 is 5.24. The maximum absolute atomic E-state index is 10.7. The Kier molecular flexibility index (Phi) is 4.85. The summed E-state index contributed by atoms with van der Waals surface area (Å²) >= 11 is 5.84. The SMILES string of the molecule is NC(=O)COc1cccc(NCc2ccc(Cl)cc2)c1. The summed E-state index contributed by atoms with van der Waals surface area (Å²) in [5.41, 5.74) is 7.06. The zero-order valence-corrected chi connectivity index (χ0v) is 11.6. The molecule has 2 rings (SSSR count). The summed E-state index contributed by atoms with van der Waals surface area (Å²) in [6, 6.07) is 15.0. The molecule has 3 N–H and O–H groups in total. The molecule has 1 amide bonds. The van der Waals surface area contributed by atoms with Crippen LogP contribution in [0.3, 0.4) is 0 Å². The van der Waals surface area contributed by atoms with Crippen LogP contribution in [0, 0.1) is 0 Å². The minimum atomic E-state index is -0.496. The Morgan fingerprint density at radius 1 is 1.20 bits per heavy atom. The minimum Gasteiger partial charge on any atom is -0.484 e. The largest absolute Gasteiger partial charge is 0.484 e. The first-order valence-corrected chi connectivity index (χ1v) is 6.51. The summed E-state index contributed by atoms with van der Waals surface area (Å²) in [7, 11) is 0. The molecule has 0 fully saturated rings. The molecule has 104 valence electrons. The molecule has 0 aliphatic heterocycles. The predicted octanol–water partition coefficient (Wildman–Crippen LogP) is 2.82. The second-order valence-corrected chi connectivity index (χ2v) is 4.70. The smallest absolute Gasteiger partial charge is 0.255 e. The van der Waals surface area contributed by atoms with Crippen molar-refractivity contribution < 1.29 is 9.53 Å². The number of hydrogen-bond acceptors (Lipinski definition) is 3. The lowest BCUT2D eigenvalue weighted by Gasteiger charge is -2.09. The van der Waals surface area contributed by atoms with E-state index in [4.69, 9.17) is 22.1 Å². The Bertz CT molecular complexity index is 585. The van der Waals surface area contributed by atoms with Gasteiger partial charge in [-0.1, -0.05) is 29.8 Å². The summed E-state index contributed by atoms with van der Waals surface area (Å²) in [6.07, 6.45) is 0. The number of carbonyl (C=O) groups is 1. The summed E-state index contributed by atoms with van der Waals surface area (Å²) in [5, 5.41) is 3.99. The molecule has 5 heteroatoms. The third kappa shape index (κ3) is 4.48. The van der Waals surface area contributed by atoms with Crippen molar-refractivity contribution in [3.8, 4) is 5.75 Å². The number of halogens is 1. The summed E-state index contributed by atoms with van der Waals surface area (Å²) in [5.74, 6) is 0.106. The minimum absolute atomic E-state index is 0.124.